The lowest BCUT2D eigenvalue weighted by atomic mass is 10.1. The summed E-state index contributed by atoms with van der Waals surface area (Å²) in [5.74, 6) is 0.847. The minimum Gasteiger partial charge on any atom is -0.380 e. The van der Waals surface area contributed by atoms with Crippen LogP contribution in [0.3, 0.4) is 0 Å². The smallest absolute Gasteiger partial charge is 0.0480 e. The second-order valence-electron chi connectivity index (χ2n) is 5.07. The van der Waals surface area contributed by atoms with Crippen LogP contribution in [0.1, 0.15) is 29.9 Å². The monoisotopic (exact) mass is 269 g/mol. The lowest BCUT2D eigenvalue weighted by Crippen LogP contribution is -2.00. The van der Waals surface area contributed by atoms with Crippen LogP contribution in [-0.2, 0) is 6.54 Å². The molecule has 0 amide bonds. The summed E-state index contributed by atoms with van der Waals surface area (Å²) < 4.78 is 0. The number of thioether (sulfide) groups is 1. The van der Waals surface area contributed by atoms with Gasteiger partial charge in [0.25, 0.3) is 0 Å². The summed E-state index contributed by atoms with van der Waals surface area (Å²) in [5, 5.41) is 3.52. The molecule has 0 atom stereocenters. The van der Waals surface area contributed by atoms with Gasteiger partial charge in [-0.1, -0.05) is 36.4 Å². The molecule has 0 aliphatic heterocycles. The van der Waals surface area contributed by atoms with E-state index >= 15 is 0 Å². The van der Waals surface area contributed by atoms with Crippen LogP contribution in [0.25, 0.3) is 0 Å². The first-order valence-electron chi connectivity index (χ1n) is 6.82. The summed E-state index contributed by atoms with van der Waals surface area (Å²) in [6, 6.07) is 17.5. The molecule has 2 aromatic rings. The summed E-state index contributed by atoms with van der Waals surface area (Å²) in [5.41, 5.74) is 4.08. The average molecular weight is 269 g/mol. The van der Waals surface area contributed by atoms with Crippen molar-refractivity contribution in [2.75, 3.05) is 11.6 Å². The van der Waals surface area contributed by atoms with E-state index in [9.17, 15) is 0 Å². The number of hydrogen-bond donors (Lipinski definition) is 1. The Morgan fingerprint density at radius 3 is 2.47 bits per heavy atom. The topological polar surface area (TPSA) is 12.0 Å². The molecule has 98 valence electrons. The van der Waals surface area contributed by atoms with Gasteiger partial charge in [0.1, 0.15) is 0 Å². The maximum atomic E-state index is 3.52. The van der Waals surface area contributed by atoms with Crippen LogP contribution in [0, 0.1) is 0 Å². The van der Waals surface area contributed by atoms with Gasteiger partial charge in [0.05, 0.1) is 0 Å². The lowest BCUT2D eigenvalue weighted by Gasteiger charge is -2.10. The van der Waals surface area contributed by atoms with E-state index in [1.54, 1.807) is 11.8 Å². The van der Waals surface area contributed by atoms with Crippen molar-refractivity contribution in [3.05, 3.63) is 59.7 Å². The van der Waals surface area contributed by atoms with Gasteiger partial charge in [0, 0.05) is 17.1 Å². The van der Waals surface area contributed by atoms with Crippen molar-refractivity contribution in [2.45, 2.75) is 30.2 Å². The molecule has 2 heteroatoms. The van der Waals surface area contributed by atoms with Crippen molar-refractivity contribution in [3.8, 4) is 0 Å². The van der Waals surface area contributed by atoms with Crippen LogP contribution in [-0.4, -0.2) is 6.26 Å². The lowest BCUT2D eigenvalue weighted by molar-refractivity contribution is 1.09. The van der Waals surface area contributed by atoms with Crippen LogP contribution in [0.5, 0.6) is 0 Å². The predicted octanol–water partition coefficient (Wildman–Crippen LogP) is 4.90. The van der Waals surface area contributed by atoms with Crippen molar-refractivity contribution in [1.29, 1.82) is 0 Å². The fraction of sp³-hybridized carbons (Fsp3) is 0.294. The molecule has 3 rings (SSSR count). The van der Waals surface area contributed by atoms with Gasteiger partial charge in [-0.3, -0.25) is 0 Å². The zero-order valence-electron chi connectivity index (χ0n) is 11.2. The van der Waals surface area contributed by atoms with Crippen LogP contribution in [0.15, 0.2) is 53.4 Å². The molecule has 0 saturated heterocycles. The Kier molecular flexibility index (Phi) is 3.79. The van der Waals surface area contributed by atoms with Crippen LogP contribution < -0.4 is 5.32 Å². The summed E-state index contributed by atoms with van der Waals surface area (Å²) in [4.78, 5) is 1.30. The Labute approximate surface area is 119 Å². The summed E-state index contributed by atoms with van der Waals surface area (Å²) >= 11 is 1.78. The fourth-order valence-corrected chi connectivity index (χ4v) is 2.89. The molecule has 0 aromatic heterocycles. The molecule has 1 fully saturated rings. The van der Waals surface area contributed by atoms with E-state index in [0.717, 1.165) is 12.5 Å². The third kappa shape index (κ3) is 3.13. The van der Waals surface area contributed by atoms with E-state index < -0.39 is 0 Å². The van der Waals surface area contributed by atoms with Crippen LogP contribution in [0.2, 0.25) is 0 Å². The molecule has 19 heavy (non-hydrogen) atoms. The fourth-order valence-electron chi connectivity index (χ4n) is 2.31. The predicted molar refractivity (Wildman–Crippen MR) is 84.0 cm³/mol. The molecule has 2 aromatic carbocycles. The normalized spacial score (nSPS) is 14.4. The number of benzene rings is 2. The Morgan fingerprint density at radius 1 is 1.05 bits per heavy atom. The van der Waals surface area contributed by atoms with E-state index in [0.29, 0.717) is 0 Å². The van der Waals surface area contributed by atoms with Gasteiger partial charge in [-0.2, -0.15) is 0 Å². The first kappa shape index (κ1) is 12.6. The number of nitrogens with one attached hydrogen (secondary N) is 1. The maximum Gasteiger partial charge on any atom is 0.0480 e. The minimum atomic E-state index is 0.847. The number of para-hydroxylation sites is 1. The molecular formula is C17H19NS. The standard InChI is InChI=1S/C17H19NS/c1-19-17-5-3-2-4-16(17)18-12-13-6-8-14(9-7-13)15-10-11-15/h2-9,15,18H,10-12H2,1H3. The van der Waals surface area contributed by atoms with Gasteiger partial charge < -0.3 is 5.32 Å². The second-order valence-corrected chi connectivity index (χ2v) is 5.92. The van der Waals surface area contributed by atoms with Crippen LogP contribution in [0.4, 0.5) is 5.69 Å². The van der Waals surface area contributed by atoms with Gasteiger partial charge in [-0.05, 0) is 48.3 Å². The molecule has 0 heterocycles. The van der Waals surface area contributed by atoms with E-state index in [2.05, 4.69) is 60.1 Å². The van der Waals surface area contributed by atoms with Gasteiger partial charge >= 0.3 is 0 Å². The third-order valence-corrected chi connectivity index (χ3v) is 4.41. The zero-order valence-corrected chi connectivity index (χ0v) is 12.0. The van der Waals surface area contributed by atoms with E-state index in [4.69, 9.17) is 0 Å². The Hall–Kier alpha value is -1.41. The molecule has 1 N–H and O–H groups in total. The van der Waals surface area contributed by atoms with E-state index in [1.165, 1.54) is 34.6 Å². The highest BCUT2D eigenvalue weighted by atomic mass is 32.2. The number of rotatable bonds is 5. The van der Waals surface area contributed by atoms with Gasteiger partial charge in [-0.25, -0.2) is 0 Å². The van der Waals surface area contributed by atoms with Gasteiger partial charge in [0.15, 0.2) is 0 Å². The average Bonchev–Trinajstić information content (AvgIpc) is 3.30. The third-order valence-electron chi connectivity index (χ3n) is 3.62. The van der Waals surface area contributed by atoms with E-state index in [-0.39, 0.29) is 0 Å². The Bertz CT molecular complexity index is 543. The van der Waals surface area contributed by atoms with Crippen LogP contribution >= 0.6 is 11.8 Å². The van der Waals surface area contributed by atoms with Crippen molar-refractivity contribution in [3.63, 3.8) is 0 Å². The summed E-state index contributed by atoms with van der Waals surface area (Å²) in [6.07, 6.45) is 4.86. The molecular weight excluding hydrogens is 250 g/mol. The first-order valence-corrected chi connectivity index (χ1v) is 8.05. The molecule has 0 radical (unpaired) electrons. The number of hydrogen-bond acceptors (Lipinski definition) is 2. The largest absolute Gasteiger partial charge is 0.380 e. The SMILES string of the molecule is CSc1ccccc1NCc1ccc(C2CC2)cc1. The quantitative estimate of drug-likeness (QED) is 0.775. The molecule has 0 bridgehead atoms. The zero-order chi connectivity index (χ0) is 13.1. The highest BCUT2D eigenvalue weighted by Gasteiger charge is 2.22. The molecule has 1 nitrogen and oxygen atoms in total. The molecule has 1 aliphatic rings. The van der Waals surface area contributed by atoms with Gasteiger partial charge in [0.2, 0.25) is 0 Å². The second kappa shape index (κ2) is 5.70. The van der Waals surface area contributed by atoms with Gasteiger partial charge in [-0.15, -0.1) is 11.8 Å². The summed E-state index contributed by atoms with van der Waals surface area (Å²) in [6.45, 7) is 0.891. The molecule has 0 unspecified atom stereocenters. The van der Waals surface area contributed by atoms with Crippen molar-refractivity contribution >= 4 is 17.4 Å². The van der Waals surface area contributed by atoms with Crippen molar-refractivity contribution in [2.24, 2.45) is 0 Å². The van der Waals surface area contributed by atoms with Crippen molar-refractivity contribution < 1.29 is 0 Å². The van der Waals surface area contributed by atoms with Crippen molar-refractivity contribution in [1.82, 2.24) is 0 Å². The molecule has 1 aliphatic carbocycles. The Morgan fingerprint density at radius 2 is 1.79 bits per heavy atom. The molecule has 1 saturated carbocycles. The summed E-state index contributed by atoms with van der Waals surface area (Å²) in [7, 11) is 0. The maximum absolute atomic E-state index is 3.52. The Balaban J connectivity index is 1.64. The first-order chi connectivity index (χ1) is 9.36. The highest BCUT2D eigenvalue weighted by molar-refractivity contribution is 7.98. The highest BCUT2D eigenvalue weighted by Crippen LogP contribution is 2.39. The molecule has 0 spiro atoms. The minimum absolute atomic E-state index is 0.847. The number of anilines is 1. The van der Waals surface area contributed by atoms with E-state index in [1.807, 2.05) is 0 Å².